The third-order valence-corrected chi connectivity index (χ3v) is 3.77. The number of ether oxygens (including phenoxy) is 2. The van der Waals surface area contributed by atoms with Gasteiger partial charge in [-0.3, -0.25) is 0 Å². The zero-order valence-electron chi connectivity index (χ0n) is 12.3. The van der Waals surface area contributed by atoms with Gasteiger partial charge >= 0.3 is 0 Å². The fourth-order valence-electron chi connectivity index (χ4n) is 2.11. The molecule has 0 saturated carbocycles. The van der Waals surface area contributed by atoms with Crippen molar-refractivity contribution in [3.8, 4) is 11.5 Å². The maximum Gasteiger partial charge on any atom is 0.123 e. The fraction of sp³-hybridized carbons (Fsp3) is 0.294. The van der Waals surface area contributed by atoms with E-state index in [1.165, 1.54) is 0 Å². The molecule has 2 aromatic carbocycles. The Balaban J connectivity index is 1.79. The van der Waals surface area contributed by atoms with Crippen LogP contribution in [-0.4, -0.2) is 20.3 Å². The van der Waals surface area contributed by atoms with Gasteiger partial charge in [0.05, 0.1) is 7.11 Å². The van der Waals surface area contributed by atoms with Crippen LogP contribution >= 0.6 is 15.9 Å². The van der Waals surface area contributed by atoms with E-state index in [1.807, 2.05) is 42.5 Å². The maximum absolute atomic E-state index is 5.69. The van der Waals surface area contributed by atoms with Crippen molar-refractivity contribution < 1.29 is 9.47 Å². The second kappa shape index (κ2) is 8.05. The molecule has 1 N–H and O–H groups in total. The van der Waals surface area contributed by atoms with E-state index in [0.29, 0.717) is 6.61 Å². The molecular weight excluding hydrogens is 330 g/mol. The van der Waals surface area contributed by atoms with Crippen LogP contribution in [0.15, 0.2) is 53.0 Å². The lowest BCUT2D eigenvalue weighted by Gasteiger charge is -2.17. The van der Waals surface area contributed by atoms with Crippen molar-refractivity contribution in [3.63, 3.8) is 0 Å². The second-order valence-electron chi connectivity index (χ2n) is 4.72. The van der Waals surface area contributed by atoms with Crippen LogP contribution in [-0.2, 0) is 0 Å². The van der Waals surface area contributed by atoms with Crippen molar-refractivity contribution in [2.75, 3.05) is 20.3 Å². The minimum Gasteiger partial charge on any atom is -0.496 e. The molecule has 0 bridgehead atoms. The highest BCUT2D eigenvalue weighted by molar-refractivity contribution is 9.10. The summed E-state index contributed by atoms with van der Waals surface area (Å²) in [6.45, 7) is 3.52. The first-order valence-corrected chi connectivity index (χ1v) is 7.74. The lowest BCUT2D eigenvalue weighted by Crippen LogP contribution is -2.24. The molecule has 112 valence electrons. The summed E-state index contributed by atoms with van der Waals surface area (Å²) in [5.41, 5.74) is 1.16. The van der Waals surface area contributed by atoms with Gasteiger partial charge in [0.25, 0.3) is 0 Å². The normalized spacial score (nSPS) is 12.0. The van der Waals surface area contributed by atoms with Gasteiger partial charge in [-0.05, 0) is 37.3 Å². The average molecular weight is 350 g/mol. The zero-order chi connectivity index (χ0) is 15.1. The second-order valence-corrected chi connectivity index (χ2v) is 5.64. The minimum absolute atomic E-state index is 0.217. The first kappa shape index (κ1) is 15.9. The molecule has 0 spiro atoms. The minimum atomic E-state index is 0.217. The average Bonchev–Trinajstić information content (AvgIpc) is 2.53. The highest BCUT2D eigenvalue weighted by Crippen LogP contribution is 2.24. The molecule has 0 aliphatic rings. The van der Waals surface area contributed by atoms with E-state index in [1.54, 1.807) is 7.11 Å². The molecule has 3 nitrogen and oxygen atoms in total. The number of hydrogen-bond donors (Lipinski definition) is 1. The van der Waals surface area contributed by atoms with Gasteiger partial charge in [-0.15, -0.1) is 0 Å². The van der Waals surface area contributed by atoms with Gasteiger partial charge in [0.1, 0.15) is 18.1 Å². The summed E-state index contributed by atoms with van der Waals surface area (Å²) in [7, 11) is 1.70. The summed E-state index contributed by atoms with van der Waals surface area (Å²) in [6.07, 6.45) is 0. The van der Waals surface area contributed by atoms with Crippen LogP contribution in [0.25, 0.3) is 0 Å². The van der Waals surface area contributed by atoms with Crippen LogP contribution in [0.3, 0.4) is 0 Å². The quantitative estimate of drug-likeness (QED) is 0.760. The van der Waals surface area contributed by atoms with E-state index < -0.39 is 0 Å². The highest BCUT2D eigenvalue weighted by atomic mass is 79.9. The first-order valence-electron chi connectivity index (χ1n) is 6.95. The van der Waals surface area contributed by atoms with Crippen molar-refractivity contribution in [3.05, 3.63) is 58.6 Å². The topological polar surface area (TPSA) is 30.5 Å². The molecule has 0 unspecified atom stereocenters. The Labute approximate surface area is 134 Å². The third-order valence-electron chi connectivity index (χ3n) is 3.24. The Morgan fingerprint density at radius 2 is 1.81 bits per heavy atom. The van der Waals surface area contributed by atoms with Crippen molar-refractivity contribution in [1.82, 2.24) is 5.32 Å². The number of nitrogens with one attached hydrogen (secondary N) is 1. The number of hydrogen-bond acceptors (Lipinski definition) is 3. The smallest absolute Gasteiger partial charge is 0.123 e. The molecule has 21 heavy (non-hydrogen) atoms. The molecular formula is C17H20BrNO2. The zero-order valence-corrected chi connectivity index (χ0v) is 13.9. The van der Waals surface area contributed by atoms with Crippen LogP contribution in [0.2, 0.25) is 0 Å². The lowest BCUT2D eigenvalue weighted by atomic mass is 10.1. The van der Waals surface area contributed by atoms with Gasteiger partial charge < -0.3 is 14.8 Å². The third kappa shape index (κ3) is 4.76. The Morgan fingerprint density at radius 1 is 1.10 bits per heavy atom. The number of rotatable bonds is 7. The van der Waals surface area contributed by atoms with Gasteiger partial charge in [-0.2, -0.15) is 0 Å². The van der Waals surface area contributed by atoms with Crippen LogP contribution in [0.4, 0.5) is 0 Å². The van der Waals surface area contributed by atoms with Gasteiger partial charge in [-0.25, -0.2) is 0 Å². The van der Waals surface area contributed by atoms with E-state index in [9.17, 15) is 0 Å². The van der Waals surface area contributed by atoms with Crippen LogP contribution in [0.1, 0.15) is 18.5 Å². The van der Waals surface area contributed by atoms with Crippen molar-refractivity contribution in [2.24, 2.45) is 0 Å². The molecule has 0 radical (unpaired) electrons. The SMILES string of the molecule is COc1ccccc1[C@H](C)NCCOc1ccc(Br)cc1. The molecule has 0 fully saturated rings. The molecule has 0 amide bonds. The summed E-state index contributed by atoms with van der Waals surface area (Å²) in [6, 6.07) is 16.1. The van der Waals surface area contributed by atoms with Crippen LogP contribution < -0.4 is 14.8 Å². The molecule has 0 aliphatic heterocycles. The summed E-state index contributed by atoms with van der Waals surface area (Å²) in [5.74, 6) is 1.79. The van der Waals surface area contributed by atoms with Gasteiger partial charge in [-0.1, -0.05) is 34.1 Å². The number of methoxy groups -OCH3 is 1. The summed E-state index contributed by atoms with van der Waals surface area (Å²) < 4.78 is 12.1. The predicted octanol–water partition coefficient (Wildman–Crippen LogP) is 4.19. The van der Waals surface area contributed by atoms with E-state index in [4.69, 9.17) is 9.47 Å². The Hall–Kier alpha value is -1.52. The number of para-hydroxylation sites is 1. The van der Waals surface area contributed by atoms with Crippen LogP contribution in [0, 0.1) is 0 Å². The number of halogens is 1. The monoisotopic (exact) mass is 349 g/mol. The van der Waals surface area contributed by atoms with E-state index in [2.05, 4.69) is 34.2 Å². The summed E-state index contributed by atoms with van der Waals surface area (Å²) in [5, 5.41) is 3.44. The van der Waals surface area contributed by atoms with E-state index in [-0.39, 0.29) is 6.04 Å². The highest BCUT2D eigenvalue weighted by Gasteiger charge is 2.09. The Bertz CT molecular complexity index is 557. The van der Waals surface area contributed by atoms with Gasteiger partial charge in [0, 0.05) is 22.6 Å². The van der Waals surface area contributed by atoms with Crippen molar-refractivity contribution in [2.45, 2.75) is 13.0 Å². The first-order chi connectivity index (χ1) is 10.2. The predicted molar refractivity (Wildman–Crippen MR) is 89.0 cm³/mol. The molecule has 0 aliphatic carbocycles. The molecule has 0 saturated heterocycles. The molecule has 1 atom stereocenters. The maximum atomic E-state index is 5.69. The molecule has 4 heteroatoms. The van der Waals surface area contributed by atoms with E-state index >= 15 is 0 Å². The van der Waals surface area contributed by atoms with Crippen molar-refractivity contribution in [1.29, 1.82) is 0 Å². The number of benzene rings is 2. The molecule has 0 aromatic heterocycles. The van der Waals surface area contributed by atoms with Gasteiger partial charge in [0.15, 0.2) is 0 Å². The molecule has 2 aromatic rings. The van der Waals surface area contributed by atoms with Crippen LogP contribution in [0.5, 0.6) is 11.5 Å². The Morgan fingerprint density at radius 3 is 2.52 bits per heavy atom. The Kier molecular flexibility index (Phi) is 6.08. The largest absolute Gasteiger partial charge is 0.496 e. The summed E-state index contributed by atoms with van der Waals surface area (Å²) >= 11 is 3.41. The molecule has 0 heterocycles. The van der Waals surface area contributed by atoms with Gasteiger partial charge in [0.2, 0.25) is 0 Å². The fourth-order valence-corrected chi connectivity index (χ4v) is 2.37. The molecule has 2 rings (SSSR count). The standard InChI is InChI=1S/C17H20BrNO2/c1-13(16-5-3-4-6-17(16)20-2)19-11-12-21-15-9-7-14(18)8-10-15/h3-10,13,19H,11-12H2,1-2H3/t13-/m0/s1. The summed E-state index contributed by atoms with van der Waals surface area (Å²) in [4.78, 5) is 0. The van der Waals surface area contributed by atoms with E-state index in [0.717, 1.165) is 28.1 Å². The van der Waals surface area contributed by atoms with Crippen molar-refractivity contribution >= 4 is 15.9 Å². The lowest BCUT2D eigenvalue weighted by molar-refractivity contribution is 0.306.